The summed E-state index contributed by atoms with van der Waals surface area (Å²) in [5.74, 6) is -0.544. The van der Waals surface area contributed by atoms with Crippen LogP contribution >= 0.6 is 0 Å². The molecule has 32 heavy (non-hydrogen) atoms. The van der Waals surface area contributed by atoms with Gasteiger partial charge < -0.3 is 9.15 Å². The van der Waals surface area contributed by atoms with Gasteiger partial charge in [0.1, 0.15) is 17.4 Å². The lowest BCUT2D eigenvalue weighted by molar-refractivity contribution is -0.136. The summed E-state index contributed by atoms with van der Waals surface area (Å²) in [5, 5.41) is 0.839. The van der Waals surface area contributed by atoms with Gasteiger partial charge in [-0.25, -0.2) is 18.0 Å². The van der Waals surface area contributed by atoms with Crippen molar-refractivity contribution in [2.24, 2.45) is 0 Å². The minimum absolute atomic E-state index is 0.0756. The second kappa shape index (κ2) is 8.88. The molecular weight excluding hydrogens is 430 g/mol. The Hall–Kier alpha value is -2.97. The zero-order valence-corrected chi connectivity index (χ0v) is 18.8. The molecule has 3 aromatic rings. The van der Waals surface area contributed by atoms with Gasteiger partial charge in [0.2, 0.25) is 10.0 Å². The first-order valence-corrected chi connectivity index (χ1v) is 12.2. The first-order chi connectivity index (χ1) is 15.3. The standard InChI is InChI=1S/C24H25NO6S/c1-3-21(25-32(28,29)17-11-8-15(2)9-12-17)24(27)30-16-10-13-19-18-6-4-5-7-20(18)23(26)31-22(19)14-16/h8-14,21,25H,3-7H2,1-2H3. The van der Waals surface area contributed by atoms with Crippen molar-refractivity contribution in [1.82, 2.24) is 4.72 Å². The average molecular weight is 456 g/mol. The summed E-state index contributed by atoms with van der Waals surface area (Å²) in [6.45, 7) is 3.55. The number of carbonyl (C=O) groups excluding carboxylic acids is 1. The van der Waals surface area contributed by atoms with E-state index in [0.717, 1.165) is 41.3 Å². The van der Waals surface area contributed by atoms with Gasteiger partial charge >= 0.3 is 11.6 Å². The fraction of sp³-hybridized carbons (Fsp3) is 0.333. The molecule has 1 heterocycles. The zero-order chi connectivity index (χ0) is 22.9. The van der Waals surface area contributed by atoms with E-state index in [1.807, 2.05) is 6.92 Å². The molecule has 0 bridgehead atoms. The minimum atomic E-state index is -3.89. The summed E-state index contributed by atoms with van der Waals surface area (Å²) in [6, 6.07) is 10.2. The number of rotatable bonds is 6. The largest absolute Gasteiger partial charge is 0.425 e. The van der Waals surface area contributed by atoms with Gasteiger partial charge in [-0.2, -0.15) is 4.72 Å². The summed E-state index contributed by atoms with van der Waals surface area (Å²) in [4.78, 5) is 25.1. The fourth-order valence-corrected chi connectivity index (χ4v) is 5.22. The normalized spacial score (nSPS) is 14.7. The molecule has 0 amide bonds. The van der Waals surface area contributed by atoms with Crippen LogP contribution in [-0.4, -0.2) is 20.4 Å². The van der Waals surface area contributed by atoms with Crippen molar-refractivity contribution >= 4 is 27.0 Å². The molecule has 0 fully saturated rings. The van der Waals surface area contributed by atoms with Gasteiger partial charge in [-0.3, -0.25) is 0 Å². The number of hydrogen-bond donors (Lipinski definition) is 1. The number of benzene rings is 2. The van der Waals surface area contributed by atoms with Gasteiger partial charge in [0.15, 0.2) is 0 Å². The Labute approximate surface area is 186 Å². The van der Waals surface area contributed by atoms with E-state index in [9.17, 15) is 18.0 Å². The number of hydrogen-bond acceptors (Lipinski definition) is 6. The molecule has 0 saturated carbocycles. The van der Waals surface area contributed by atoms with Crippen LogP contribution in [0.25, 0.3) is 11.0 Å². The smallest absolute Gasteiger partial charge is 0.339 e. The third-order valence-corrected chi connectivity index (χ3v) is 7.22. The van der Waals surface area contributed by atoms with Crippen LogP contribution in [0.3, 0.4) is 0 Å². The number of nitrogens with one attached hydrogen (secondary N) is 1. The molecule has 0 spiro atoms. The predicted octanol–water partition coefficient (Wildman–Crippen LogP) is 3.64. The molecule has 1 aromatic heterocycles. The number of sulfonamides is 1. The lowest BCUT2D eigenvalue weighted by atomic mass is 9.91. The van der Waals surface area contributed by atoms with Crippen LogP contribution in [0.5, 0.6) is 5.75 Å². The zero-order valence-electron chi connectivity index (χ0n) is 18.0. The lowest BCUT2D eigenvalue weighted by Gasteiger charge is -2.18. The molecule has 0 radical (unpaired) electrons. The van der Waals surface area contributed by atoms with Gasteiger partial charge in [0.05, 0.1) is 4.90 Å². The highest BCUT2D eigenvalue weighted by Gasteiger charge is 2.26. The van der Waals surface area contributed by atoms with Gasteiger partial charge in [0.25, 0.3) is 0 Å². The highest BCUT2D eigenvalue weighted by molar-refractivity contribution is 7.89. The maximum absolute atomic E-state index is 12.7. The van der Waals surface area contributed by atoms with Crippen LogP contribution in [0.2, 0.25) is 0 Å². The van der Waals surface area contributed by atoms with Crippen molar-refractivity contribution in [3.05, 3.63) is 69.6 Å². The van der Waals surface area contributed by atoms with Crippen molar-refractivity contribution in [3.63, 3.8) is 0 Å². The first-order valence-electron chi connectivity index (χ1n) is 10.7. The molecule has 1 atom stereocenters. The summed E-state index contributed by atoms with van der Waals surface area (Å²) in [6.07, 6.45) is 3.72. The molecule has 1 N–H and O–H groups in total. The van der Waals surface area contributed by atoms with Crippen LogP contribution in [0.1, 0.15) is 42.9 Å². The Morgan fingerprint density at radius 1 is 1.09 bits per heavy atom. The molecular formula is C24H25NO6S. The van der Waals surface area contributed by atoms with Crippen LogP contribution in [0.4, 0.5) is 0 Å². The third kappa shape index (κ3) is 4.47. The maximum Gasteiger partial charge on any atom is 0.339 e. The Balaban J connectivity index is 1.55. The number of esters is 1. The highest BCUT2D eigenvalue weighted by atomic mass is 32.2. The Kier molecular flexibility index (Phi) is 6.17. The van der Waals surface area contributed by atoms with Crippen molar-refractivity contribution < 1.29 is 22.4 Å². The number of fused-ring (bicyclic) bond motifs is 3. The van der Waals surface area contributed by atoms with Crippen LogP contribution in [0.15, 0.2) is 56.6 Å². The molecule has 7 nitrogen and oxygen atoms in total. The molecule has 0 saturated heterocycles. The first kappa shape index (κ1) is 22.2. The summed E-state index contributed by atoms with van der Waals surface area (Å²) >= 11 is 0. The average Bonchev–Trinajstić information content (AvgIpc) is 2.78. The third-order valence-electron chi connectivity index (χ3n) is 5.73. The van der Waals surface area contributed by atoms with Gasteiger partial charge in [-0.1, -0.05) is 24.6 Å². The van der Waals surface area contributed by atoms with E-state index >= 15 is 0 Å². The second-order valence-electron chi connectivity index (χ2n) is 8.03. The van der Waals surface area contributed by atoms with E-state index in [0.29, 0.717) is 12.0 Å². The molecule has 2 aromatic carbocycles. The van der Waals surface area contributed by atoms with E-state index in [-0.39, 0.29) is 22.7 Å². The molecule has 1 unspecified atom stereocenters. The second-order valence-corrected chi connectivity index (χ2v) is 9.74. The van der Waals surface area contributed by atoms with E-state index < -0.39 is 22.0 Å². The number of aryl methyl sites for hydroxylation is 2. The van der Waals surface area contributed by atoms with Crippen molar-refractivity contribution in [1.29, 1.82) is 0 Å². The quantitative estimate of drug-likeness (QED) is 0.346. The maximum atomic E-state index is 12.7. The van der Waals surface area contributed by atoms with E-state index in [1.165, 1.54) is 18.2 Å². The van der Waals surface area contributed by atoms with Gasteiger partial charge in [-0.15, -0.1) is 0 Å². The fourth-order valence-electron chi connectivity index (χ4n) is 3.95. The van der Waals surface area contributed by atoms with Crippen molar-refractivity contribution in [2.45, 2.75) is 56.9 Å². The Bertz CT molecular complexity index is 1330. The van der Waals surface area contributed by atoms with E-state index in [4.69, 9.17) is 9.15 Å². The van der Waals surface area contributed by atoms with Gasteiger partial charge in [0, 0.05) is 17.0 Å². The Morgan fingerprint density at radius 2 is 1.78 bits per heavy atom. The van der Waals surface area contributed by atoms with E-state index in [2.05, 4.69) is 4.72 Å². The van der Waals surface area contributed by atoms with Crippen molar-refractivity contribution in [3.8, 4) is 5.75 Å². The van der Waals surface area contributed by atoms with Crippen LogP contribution in [-0.2, 0) is 27.7 Å². The minimum Gasteiger partial charge on any atom is -0.425 e. The molecule has 168 valence electrons. The van der Waals surface area contributed by atoms with Crippen LogP contribution < -0.4 is 15.1 Å². The highest BCUT2D eigenvalue weighted by Crippen LogP contribution is 2.29. The summed E-state index contributed by atoms with van der Waals surface area (Å²) in [7, 11) is -3.89. The lowest BCUT2D eigenvalue weighted by Crippen LogP contribution is -2.42. The molecule has 8 heteroatoms. The van der Waals surface area contributed by atoms with Crippen molar-refractivity contribution in [2.75, 3.05) is 0 Å². The van der Waals surface area contributed by atoms with Crippen LogP contribution in [0, 0.1) is 6.92 Å². The summed E-state index contributed by atoms with van der Waals surface area (Å²) < 4.78 is 38.6. The van der Waals surface area contributed by atoms with E-state index in [1.54, 1.807) is 31.2 Å². The SMILES string of the molecule is CCC(NS(=O)(=O)c1ccc(C)cc1)C(=O)Oc1ccc2c3c(c(=O)oc2c1)CCCC3. The monoisotopic (exact) mass is 455 g/mol. The predicted molar refractivity (Wildman–Crippen MR) is 120 cm³/mol. The molecule has 0 aliphatic heterocycles. The topological polar surface area (TPSA) is 103 Å². The number of ether oxygens (including phenoxy) is 1. The molecule has 4 rings (SSSR count). The summed E-state index contributed by atoms with van der Waals surface area (Å²) in [5.41, 5.74) is 2.66. The number of carbonyl (C=O) groups is 1. The Morgan fingerprint density at radius 3 is 2.47 bits per heavy atom. The molecule has 1 aliphatic rings. The van der Waals surface area contributed by atoms with Gasteiger partial charge in [-0.05, 0) is 68.9 Å². The molecule has 1 aliphatic carbocycles.